The van der Waals surface area contributed by atoms with E-state index in [1.54, 1.807) is 0 Å². The summed E-state index contributed by atoms with van der Waals surface area (Å²) in [6.45, 7) is 2.20. The Kier molecular flexibility index (Phi) is 4.03. The van der Waals surface area contributed by atoms with Crippen LogP contribution in [0.25, 0.3) is 10.9 Å². The first-order valence-corrected chi connectivity index (χ1v) is 6.55. The van der Waals surface area contributed by atoms with Crippen molar-refractivity contribution in [1.82, 2.24) is 4.98 Å². The highest BCUT2D eigenvalue weighted by Gasteiger charge is 2.03. The third-order valence-electron chi connectivity index (χ3n) is 3.20. The lowest BCUT2D eigenvalue weighted by atomic mass is 10.0. The van der Waals surface area contributed by atoms with Crippen LogP contribution in [0.15, 0.2) is 29.1 Å². The van der Waals surface area contributed by atoms with E-state index in [0.29, 0.717) is 5.52 Å². The number of unbranched alkanes of at least 4 members (excludes halogenated alkanes) is 3. The number of benzene rings is 1. The minimum Gasteiger partial charge on any atom is -0.507 e. The van der Waals surface area contributed by atoms with E-state index in [1.807, 2.05) is 18.2 Å². The molecular weight excluding hydrogens is 226 g/mol. The predicted octanol–water partition coefficient (Wildman–Crippen LogP) is 3.36. The molecule has 0 saturated carbocycles. The van der Waals surface area contributed by atoms with Gasteiger partial charge in [-0.15, -0.1) is 0 Å². The maximum atomic E-state index is 11.2. The van der Waals surface area contributed by atoms with E-state index in [1.165, 1.54) is 37.3 Å². The first-order valence-electron chi connectivity index (χ1n) is 6.55. The molecule has 0 radical (unpaired) electrons. The van der Waals surface area contributed by atoms with Crippen LogP contribution in [0.1, 0.15) is 38.2 Å². The van der Waals surface area contributed by atoms with Crippen molar-refractivity contribution in [2.75, 3.05) is 0 Å². The minimum atomic E-state index is -0.268. The third-order valence-corrected chi connectivity index (χ3v) is 3.20. The number of aromatic hydroxyl groups is 1. The van der Waals surface area contributed by atoms with Gasteiger partial charge in [-0.05, 0) is 30.5 Å². The fourth-order valence-electron chi connectivity index (χ4n) is 2.19. The van der Waals surface area contributed by atoms with Crippen molar-refractivity contribution in [1.29, 1.82) is 0 Å². The van der Waals surface area contributed by atoms with Crippen molar-refractivity contribution >= 4 is 10.9 Å². The second-order valence-corrected chi connectivity index (χ2v) is 4.71. The summed E-state index contributed by atoms with van der Waals surface area (Å²) in [5, 5.41) is 10.5. The summed E-state index contributed by atoms with van der Waals surface area (Å²) in [6.07, 6.45) is 5.94. The zero-order chi connectivity index (χ0) is 13.0. The molecule has 0 aliphatic rings. The summed E-state index contributed by atoms with van der Waals surface area (Å²) in [7, 11) is 0. The second-order valence-electron chi connectivity index (χ2n) is 4.71. The lowest BCUT2D eigenvalue weighted by molar-refractivity contribution is 0.480. The van der Waals surface area contributed by atoms with Crippen LogP contribution >= 0.6 is 0 Å². The highest BCUT2D eigenvalue weighted by atomic mass is 16.3. The van der Waals surface area contributed by atoms with Gasteiger partial charge in [-0.25, -0.2) is 0 Å². The number of fused-ring (bicyclic) bond motifs is 1. The Bertz CT molecular complexity index is 587. The Hall–Kier alpha value is -1.77. The van der Waals surface area contributed by atoms with Gasteiger partial charge in [-0.1, -0.05) is 32.3 Å². The number of rotatable bonds is 5. The van der Waals surface area contributed by atoms with Gasteiger partial charge in [0.1, 0.15) is 5.75 Å². The number of nitrogens with one attached hydrogen (secondary N) is 1. The van der Waals surface area contributed by atoms with Crippen LogP contribution in [0, 0.1) is 0 Å². The zero-order valence-electron chi connectivity index (χ0n) is 10.7. The number of H-pyrrole nitrogens is 1. The topological polar surface area (TPSA) is 53.1 Å². The van der Waals surface area contributed by atoms with E-state index >= 15 is 0 Å². The van der Waals surface area contributed by atoms with Gasteiger partial charge >= 0.3 is 0 Å². The highest BCUT2D eigenvalue weighted by Crippen LogP contribution is 2.22. The number of hydrogen-bond acceptors (Lipinski definition) is 2. The SMILES string of the molecule is CCCCCCc1ccc2[nH]c(=O)cc(O)c2c1. The molecular formula is C15H19NO2. The summed E-state index contributed by atoms with van der Waals surface area (Å²) in [5.41, 5.74) is 1.63. The Labute approximate surface area is 106 Å². The van der Waals surface area contributed by atoms with Crippen molar-refractivity contribution < 1.29 is 5.11 Å². The molecule has 0 aliphatic carbocycles. The molecule has 96 valence electrons. The predicted molar refractivity (Wildman–Crippen MR) is 74.1 cm³/mol. The molecule has 3 heteroatoms. The molecule has 1 heterocycles. The van der Waals surface area contributed by atoms with Gasteiger partial charge in [0, 0.05) is 11.5 Å². The molecule has 0 aliphatic heterocycles. The van der Waals surface area contributed by atoms with Gasteiger partial charge in [-0.2, -0.15) is 0 Å². The Morgan fingerprint density at radius 2 is 2.00 bits per heavy atom. The molecule has 2 rings (SSSR count). The third kappa shape index (κ3) is 2.92. The lowest BCUT2D eigenvalue weighted by Crippen LogP contribution is -2.03. The summed E-state index contributed by atoms with van der Waals surface area (Å²) < 4.78 is 0. The van der Waals surface area contributed by atoms with Gasteiger partial charge in [0.25, 0.3) is 5.56 Å². The number of aryl methyl sites for hydroxylation is 1. The summed E-state index contributed by atoms with van der Waals surface area (Å²) in [5.74, 6) is 0.0594. The average Bonchev–Trinajstić information content (AvgIpc) is 2.35. The Balaban J connectivity index is 2.19. The molecule has 0 saturated heterocycles. The first kappa shape index (κ1) is 12.7. The van der Waals surface area contributed by atoms with E-state index in [0.717, 1.165) is 11.8 Å². The van der Waals surface area contributed by atoms with Crippen molar-refractivity contribution in [2.45, 2.75) is 39.0 Å². The monoisotopic (exact) mass is 245 g/mol. The standard InChI is InChI=1S/C15H19NO2/c1-2-3-4-5-6-11-7-8-13-12(9-11)14(17)10-15(18)16-13/h7-10H,2-6H2,1H3,(H2,16,17,18). The van der Waals surface area contributed by atoms with Crippen molar-refractivity contribution in [3.8, 4) is 5.75 Å². The summed E-state index contributed by atoms with van der Waals surface area (Å²) in [4.78, 5) is 13.9. The number of aromatic amines is 1. The number of pyridine rings is 1. The van der Waals surface area contributed by atoms with Gasteiger partial charge in [0.15, 0.2) is 0 Å². The van der Waals surface area contributed by atoms with E-state index in [2.05, 4.69) is 11.9 Å². The van der Waals surface area contributed by atoms with Crippen LogP contribution in [0.5, 0.6) is 5.75 Å². The zero-order valence-corrected chi connectivity index (χ0v) is 10.7. The second kappa shape index (κ2) is 5.71. The molecule has 0 spiro atoms. The van der Waals surface area contributed by atoms with Gasteiger partial charge in [0.05, 0.1) is 5.52 Å². The van der Waals surface area contributed by atoms with E-state index < -0.39 is 0 Å². The molecule has 1 aromatic carbocycles. The van der Waals surface area contributed by atoms with E-state index in [9.17, 15) is 9.90 Å². The maximum absolute atomic E-state index is 11.2. The van der Waals surface area contributed by atoms with Gasteiger partial charge in [0.2, 0.25) is 0 Å². The quantitative estimate of drug-likeness (QED) is 0.794. The normalized spacial score (nSPS) is 10.9. The number of aromatic nitrogens is 1. The molecule has 3 nitrogen and oxygen atoms in total. The molecule has 2 N–H and O–H groups in total. The van der Waals surface area contributed by atoms with Crippen molar-refractivity contribution in [3.05, 3.63) is 40.2 Å². The van der Waals surface area contributed by atoms with Crippen molar-refractivity contribution in [3.63, 3.8) is 0 Å². The molecule has 0 bridgehead atoms. The minimum absolute atomic E-state index is 0.0594. The van der Waals surface area contributed by atoms with Crippen LogP contribution in [0.2, 0.25) is 0 Å². The van der Waals surface area contributed by atoms with Gasteiger partial charge in [-0.3, -0.25) is 4.79 Å². The van der Waals surface area contributed by atoms with E-state index in [-0.39, 0.29) is 11.3 Å². The van der Waals surface area contributed by atoms with Crippen LogP contribution < -0.4 is 5.56 Å². The summed E-state index contributed by atoms with van der Waals surface area (Å²) in [6, 6.07) is 7.07. The van der Waals surface area contributed by atoms with Crippen molar-refractivity contribution in [2.24, 2.45) is 0 Å². The van der Waals surface area contributed by atoms with Crippen LogP contribution in [0.3, 0.4) is 0 Å². The van der Waals surface area contributed by atoms with E-state index in [4.69, 9.17) is 0 Å². The summed E-state index contributed by atoms with van der Waals surface area (Å²) >= 11 is 0. The fraction of sp³-hybridized carbons (Fsp3) is 0.400. The molecule has 0 amide bonds. The molecule has 18 heavy (non-hydrogen) atoms. The van der Waals surface area contributed by atoms with Crippen LogP contribution in [0.4, 0.5) is 0 Å². The molecule has 1 aromatic heterocycles. The molecule has 0 fully saturated rings. The van der Waals surface area contributed by atoms with Crippen LogP contribution in [-0.4, -0.2) is 10.1 Å². The first-order chi connectivity index (χ1) is 8.70. The molecule has 2 aromatic rings. The Morgan fingerprint density at radius 3 is 2.78 bits per heavy atom. The average molecular weight is 245 g/mol. The largest absolute Gasteiger partial charge is 0.507 e. The number of hydrogen-bond donors (Lipinski definition) is 2. The highest BCUT2D eigenvalue weighted by molar-refractivity contribution is 5.84. The maximum Gasteiger partial charge on any atom is 0.252 e. The molecule has 0 atom stereocenters. The van der Waals surface area contributed by atoms with Crippen LogP contribution in [-0.2, 0) is 6.42 Å². The smallest absolute Gasteiger partial charge is 0.252 e. The lowest BCUT2D eigenvalue weighted by Gasteiger charge is -2.05. The van der Waals surface area contributed by atoms with Gasteiger partial charge < -0.3 is 10.1 Å². The Morgan fingerprint density at radius 1 is 1.17 bits per heavy atom. The fourth-order valence-corrected chi connectivity index (χ4v) is 2.19. The molecule has 0 unspecified atom stereocenters.